The van der Waals surface area contributed by atoms with Gasteiger partial charge in [-0.3, -0.25) is 9.59 Å². The fraction of sp³-hybridized carbons (Fsp3) is 0.211. The Kier molecular flexibility index (Phi) is 6.24. The molecule has 0 spiro atoms. The van der Waals surface area contributed by atoms with Gasteiger partial charge >= 0.3 is 0 Å². The number of carbonyl (C=O) groups is 2. The molecule has 0 unspecified atom stereocenters. The quantitative estimate of drug-likeness (QED) is 0.600. The minimum atomic E-state index is -0.374. The van der Waals surface area contributed by atoms with Crippen LogP contribution in [0.4, 0.5) is 10.1 Å². The number of nitriles is 1. The number of carbonyl (C=O) groups excluding carboxylic acids is 2. The van der Waals surface area contributed by atoms with Crippen LogP contribution in [0.2, 0.25) is 0 Å². The average Bonchev–Trinajstić information content (AvgIpc) is 2.58. The maximum atomic E-state index is 13.1. The molecule has 2 rings (SSSR count). The van der Waals surface area contributed by atoms with E-state index in [2.05, 4.69) is 16.7 Å². The lowest BCUT2D eigenvalue weighted by Gasteiger charge is -2.10. The zero-order chi connectivity index (χ0) is 18.2. The van der Waals surface area contributed by atoms with Gasteiger partial charge in [0.25, 0.3) is 0 Å². The minimum absolute atomic E-state index is 0.0871. The van der Waals surface area contributed by atoms with Gasteiger partial charge in [-0.05, 0) is 42.8 Å². The molecule has 0 aliphatic heterocycles. The second-order valence-corrected chi connectivity index (χ2v) is 5.51. The van der Waals surface area contributed by atoms with E-state index in [1.807, 2.05) is 0 Å². The maximum absolute atomic E-state index is 13.1. The summed E-state index contributed by atoms with van der Waals surface area (Å²) in [6, 6.07) is 12.8. The molecule has 0 aliphatic rings. The molecule has 0 radical (unpaired) electrons. The van der Waals surface area contributed by atoms with Crippen LogP contribution >= 0.6 is 0 Å². The summed E-state index contributed by atoms with van der Waals surface area (Å²) in [5, 5.41) is 14.9. The Morgan fingerprint density at radius 3 is 2.64 bits per heavy atom. The van der Waals surface area contributed by atoms with Crippen molar-refractivity contribution in [2.75, 3.05) is 18.4 Å². The highest BCUT2D eigenvalue weighted by Gasteiger charge is 2.07. The first kappa shape index (κ1) is 18.1. The zero-order valence-corrected chi connectivity index (χ0v) is 13.8. The Morgan fingerprint density at radius 2 is 1.96 bits per heavy atom. The monoisotopic (exact) mass is 339 g/mol. The lowest BCUT2D eigenvalue weighted by atomic mass is 10.1. The van der Waals surface area contributed by atoms with Crippen LogP contribution in [0.15, 0.2) is 42.5 Å². The largest absolute Gasteiger partial charge is 0.382 e. The number of nitrogens with one attached hydrogen (secondary N) is 2. The first-order valence-electron chi connectivity index (χ1n) is 7.79. The number of anilines is 1. The summed E-state index contributed by atoms with van der Waals surface area (Å²) in [7, 11) is 0. The highest BCUT2D eigenvalue weighted by molar-refractivity contribution is 5.95. The summed E-state index contributed by atoms with van der Waals surface area (Å²) in [4.78, 5) is 23.3. The second kappa shape index (κ2) is 8.60. The van der Waals surface area contributed by atoms with Gasteiger partial charge in [0.05, 0.1) is 17.7 Å². The first-order chi connectivity index (χ1) is 12.0. The van der Waals surface area contributed by atoms with E-state index in [1.54, 1.807) is 30.3 Å². The van der Waals surface area contributed by atoms with Crippen molar-refractivity contribution in [2.24, 2.45) is 0 Å². The molecule has 2 aromatic carbocycles. The van der Waals surface area contributed by atoms with Crippen molar-refractivity contribution in [3.8, 4) is 6.07 Å². The van der Waals surface area contributed by atoms with Crippen molar-refractivity contribution in [3.63, 3.8) is 0 Å². The third-order valence-electron chi connectivity index (χ3n) is 3.56. The Labute approximate surface area is 145 Å². The molecule has 128 valence electrons. The fourth-order valence-corrected chi connectivity index (χ4v) is 2.30. The number of hydrogen-bond acceptors (Lipinski definition) is 4. The third kappa shape index (κ3) is 5.43. The van der Waals surface area contributed by atoms with E-state index in [1.165, 1.54) is 19.1 Å². The van der Waals surface area contributed by atoms with E-state index in [-0.39, 0.29) is 23.9 Å². The maximum Gasteiger partial charge on any atom is 0.224 e. The topological polar surface area (TPSA) is 82.0 Å². The number of Topliss-reactive ketones (excluding diaryl/α,β-unsaturated/α-hetero) is 1. The van der Waals surface area contributed by atoms with E-state index < -0.39 is 0 Å². The van der Waals surface area contributed by atoms with Crippen molar-refractivity contribution < 1.29 is 14.0 Å². The smallest absolute Gasteiger partial charge is 0.224 e. The van der Waals surface area contributed by atoms with Crippen LogP contribution in [0, 0.1) is 17.1 Å². The van der Waals surface area contributed by atoms with Crippen LogP contribution in [0.5, 0.6) is 0 Å². The molecule has 0 fully saturated rings. The van der Waals surface area contributed by atoms with Gasteiger partial charge < -0.3 is 10.6 Å². The van der Waals surface area contributed by atoms with E-state index >= 15 is 0 Å². The van der Waals surface area contributed by atoms with Crippen LogP contribution in [0.1, 0.15) is 28.4 Å². The van der Waals surface area contributed by atoms with Crippen molar-refractivity contribution in [3.05, 3.63) is 65.0 Å². The summed E-state index contributed by atoms with van der Waals surface area (Å²) in [6.07, 6.45) is 0.0982. The highest BCUT2D eigenvalue weighted by atomic mass is 19.1. The fourth-order valence-electron chi connectivity index (χ4n) is 2.30. The molecule has 2 aromatic rings. The van der Waals surface area contributed by atoms with E-state index in [0.29, 0.717) is 35.5 Å². The molecule has 0 aliphatic carbocycles. The van der Waals surface area contributed by atoms with Crippen molar-refractivity contribution in [1.29, 1.82) is 5.26 Å². The van der Waals surface area contributed by atoms with Crippen molar-refractivity contribution in [2.45, 2.75) is 13.3 Å². The third-order valence-corrected chi connectivity index (χ3v) is 3.56. The lowest BCUT2D eigenvalue weighted by molar-refractivity contribution is -0.120. The van der Waals surface area contributed by atoms with Gasteiger partial charge in [-0.25, -0.2) is 4.39 Å². The number of ketones is 1. The summed E-state index contributed by atoms with van der Waals surface area (Å²) in [5.41, 5.74) is 2.09. The van der Waals surface area contributed by atoms with Gasteiger partial charge in [0.1, 0.15) is 11.9 Å². The molecule has 1 amide bonds. The molecule has 0 bridgehead atoms. The minimum Gasteiger partial charge on any atom is -0.382 e. The summed E-state index contributed by atoms with van der Waals surface area (Å²) in [5.74, 6) is -0.678. The van der Waals surface area contributed by atoms with E-state index in [0.717, 1.165) is 0 Å². The Morgan fingerprint density at radius 1 is 1.16 bits per heavy atom. The van der Waals surface area contributed by atoms with E-state index in [9.17, 15) is 14.0 Å². The van der Waals surface area contributed by atoms with Gasteiger partial charge in [0.2, 0.25) is 5.91 Å². The number of nitrogens with zero attached hydrogens (tertiary/aromatic N) is 1. The number of rotatable bonds is 7. The van der Waals surface area contributed by atoms with Gasteiger partial charge in [-0.2, -0.15) is 5.26 Å². The number of halogens is 1. The summed E-state index contributed by atoms with van der Waals surface area (Å²) >= 11 is 0. The molecular formula is C19H18FN3O2. The van der Waals surface area contributed by atoms with Crippen LogP contribution in [-0.2, 0) is 11.2 Å². The normalized spacial score (nSPS) is 9.96. The second-order valence-electron chi connectivity index (χ2n) is 5.51. The standard InChI is InChI=1S/C19H18FN3O2/c1-13(24)15-5-6-16(12-21)18(11-15)22-7-8-23-19(25)10-14-3-2-4-17(20)9-14/h2-6,9,11,22H,7-8,10H2,1H3,(H,23,25). The molecule has 0 saturated carbocycles. The molecule has 0 heterocycles. The highest BCUT2D eigenvalue weighted by Crippen LogP contribution is 2.17. The van der Waals surface area contributed by atoms with E-state index in [4.69, 9.17) is 5.26 Å². The molecule has 6 heteroatoms. The van der Waals surface area contributed by atoms with Crippen molar-refractivity contribution in [1.82, 2.24) is 5.32 Å². The van der Waals surface area contributed by atoms with Crippen LogP contribution in [0.25, 0.3) is 0 Å². The molecule has 0 atom stereocenters. The van der Waals surface area contributed by atoms with Gasteiger partial charge in [0, 0.05) is 18.7 Å². The molecule has 25 heavy (non-hydrogen) atoms. The summed E-state index contributed by atoms with van der Waals surface area (Å²) < 4.78 is 13.1. The van der Waals surface area contributed by atoms with Gasteiger partial charge in [-0.15, -0.1) is 0 Å². The Hall–Kier alpha value is -3.20. The molecule has 0 saturated heterocycles. The number of amides is 1. The zero-order valence-electron chi connectivity index (χ0n) is 13.8. The van der Waals surface area contributed by atoms with Gasteiger partial charge in [0.15, 0.2) is 5.78 Å². The van der Waals surface area contributed by atoms with Crippen LogP contribution in [0.3, 0.4) is 0 Å². The van der Waals surface area contributed by atoms with Crippen molar-refractivity contribution >= 4 is 17.4 Å². The number of benzene rings is 2. The molecular weight excluding hydrogens is 321 g/mol. The number of hydrogen-bond donors (Lipinski definition) is 2. The van der Waals surface area contributed by atoms with Gasteiger partial charge in [-0.1, -0.05) is 12.1 Å². The Bertz CT molecular complexity index is 828. The molecule has 2 N–H and O–H groups in total. The Balaban J connectivity index is 1.84. The van der Waals surface area contributed by atoms with Crippen LogP contribution < -0.4 is 10.6 Å². The summed E-state index contributed by atoms with van der Waals surface area (Å²) in [6.45, 7) is 2.19. The average molecular weight is 339 g/mol. The molecule has 0 aromatic heterocycles. The SMILES string of the molecule is CC(=O)c1ccc(C#N)c(NCCNC(=O)Cc2cccc(F)c2)c1. The predicted octanol–water partition coefficient (Wildman–Crippen LogP) is 2.67. The molecule has 5 nitrogen and oxygen atoms in total. The van der Waals surface area contributed by atoms with Crippen LogP contribution in [-0.4, -0.2) is 24.8 Å². The predicted molar refractivity (Wildman–Crippen MR) is 92.8 cm³/mol. The first-order valence-corrected chi connectivity index (χ1v) is 7.79. The lowest BCUT2D eigenvalue weighted by Crippen LogP contribution is -2.30.